The molecular formula is C11H17ClN2O4S. The van der Waals surface area contributed by atoms with Gasteiger partial charge in [-0.25, -0.2) is 13.1 Å². The molecule has 0 saturated heterocycles. The summed E-state index contributed by atoms with van der Waals surface area (Å²) < 4.78 is 36.2. The molecule has 0 aromatic heterocycles. The van der Waals surface area contributed by atoms with Crippen molar-refractivity contribution < 1.29 is 17.9 Å². The van der Waals surface area contributed by atoms with Crippen LogP contribution in [-0.4, -0.2) is 41.9 Å². The van der Waals surface area contributed by atoms with Crippen molar-refractivity contribution in [2.24, 2.45) is 0 Å². The number of ether oxygens (including phenoxy) is 2. The average molecular weight is 309 g/mol. The molecule has 108 valence electrons. The summed E-state index contributed by atoms with van der Waals surface area (Å²) in [6.45, 7) is 1.30. The predicted molar refractivity (Wildman–Crippen MR) is 73.7 cm³/mol. The van der Waals surface area contributed by atoms with Crippen LogP contribution >= 0.6 is 11.6 Å². The zero-order chi connectivity index (χ0) is 14.3. The highest BCUT2D eigenvalue weighted by molar-refractivity contribution is 7.89. The Labute approximate surface area is 117 Å². The van der Waals surface area contributed by atoms with E-state index in [2.05, 4.69) is 4.72 Å². The van der Waals surface area contributed by atoms with Gasteiger partial charge in [0, 0.05) is 19.3 Å². The Morgan fingerprint density at radius 1 is 1.32 bits per heavy atom. The van der Waals surface area contributed by atoms with E-state index >= 15 is 0 Å². The molecule has 0 heterocycles. The van der Waals surface area contributed by atoms with E-state index < -0.39 is 10.0 Å². The van der Waals surface area contributed by atoms with E-state index in [4.69, 9.17) is 26.8 Å². The van der Waals surface area contributed by atoms with Crippen LogP contribution in [0, 0.1) is 0 Å². The topological polar surface area (TPSA) is 90.6 Å². The number of benzene rings is 1. The molecule has 0 atom stereocenters. The van der Waals surface area contributed by atoms with Gasteiger partial charge in [-0.3, -0.25) is 0 Å². The van der Waals surface area contributed by atoms with E-state index in [9.17, 15) is 8.42 Å². The highest BCUT2D eigenvalue weighted by atomic mass is 35.5. The van der Waals surface area contributed by atoms with E-state index in [0.717, 1.165) is 0 Å². The van der Waals surface area contributed by atoms with Crippen molar-refractivity contribution in [3.05, 3.63) is 23.2 Å². The fourth-order valence-electron chi connectivity index (χ4n) is 1.31. The summed E-state index contributed by atoms with van der Waals surface area (Å²) in [4.78, 5) is 0.000239. The number of halogens is 1. The SMILES string of the molecule is COCCOCCNS(=O)(=O)c1ccc(N)cc1Cl. The lowest BCUT2D eigenvalue weighted by molar-refractivity contribution is 0.0736. The fourth-order valence-corrected chi connectivity index (χ4v) is 2.87. The number of hydrogen-bond acceptors (Lipinski definition) is 5. The third kappa shape index (κ3) is 5.33. The minimum Gasteiger partial charge on any atom is -0.399 e. The van der Waals surface area contributed by atoms with Crippen molar-refractivity contribution in [2.75, 3.05) is 39.2 Å². The summed E-state index contributed by atoms with van der Waals surface area (Å²) in [5, 5.41) is 0.0906. The Morgan fingerprint density at radius 2 is 2.05 bits per heavy atom. The van der Waals surface area contributed by atoms with Gasteiger partial charge in [0.05, 0.1) is 24.8 Å². The Kier molecular flexibility index (Phi) is 6.53. The van der Waals surface area contributed by atoms with E-state index in [1.807, 2.05) is 0 Å². The monoisotopic (exact) mass is 308 g/mol. The highest BCUT2D eigenvalue weighted by Gasteiger charge is 2.17. The summed E-state index contributed by atoms with van der Waals surface area (Å²) in [5.74, 6) is 0. The third-order valence-electron chi connectivity index (χ3n) is 2.22. The molecule has 0 fully saturated rings. The van der Waals surface area contributed by atoms with Crippen LogP contribution in [0.1, 0.15) is 0 Å². The zero-order valence-corrected chi connectivity index (χ0v) is 12.1. The number of rotatable bonds is 8. The van der Waals surface area contributed by atoms with Crippen molar-refractivity contribution >= 4 is 27.3 Å². The zero-order valence-electron chi connectivity index (χ0n) is 10.6. The molecule has 8 heteroatoms. The first-order valence-electron chi connectivity index (χ1n) is 5.59. The molecule has 0 amide bonds. The van der Waals surface area contributed by atoms with Gasteiger partial charge in [-0.15, -0.1) is 0 Å². The van der Waals surface area contributed by atoms with Crippen molar-refractivity contribution in [2.45, 2.75) is 4.90 Å². The van der Waals surface area contributed by atoms with Crippen LogP contribution in [0.15, 0.2) is 23.1 Å². The van der Waals surface area contributed by atoms with Gasteiger partial charge >= 0.3 is 0 Å². The summed E-state index contributed by atoms with van der Waals surface area (Å²) in [5.41, 5.74) is 5.92. The number of hydrogen-bond donors (Lipinski definition) is 2. The molecule has 19 heavy (non-hydrogen) atoms. The molecule has 0 aliphatic heterocycles. The van der Waals surface area contributed by atoms with Crippen molar-refractivity contribution in [3.63, 3.8) is 0 Å². The first-order valence-corrected chi connectivity index (χ1v) is 7.45. The van der Waals surface area contributed by atoms with Crippen LogP contribution in [-0.2, 0) is 19.5 Å². The maximum atomic E-state index is 11.9. The molecule has 1 aromatic carbocycles. The normalized spacial score (nSPS) is 11.7. The first-order chi connectivity index (χ1) is 8.97. The second kappa shape index (κ2) is 7.66. The van der Waals surface area contributed by atoms with E-state index in [1.54, 1.807) is 7.11 Å². The summed E-state index contributed by atoms with van der Waals surface area (Å²) in [6.07, 6.45) is 0. The minimum absolute atomic E-state index is 0.000239. The Morgan fingerprint density at radius 3 is 2.68 bits per heavy atom. The van der Waals surface area contributed by atoms with Crippen LogP contribution in [0.3, 0.4) is 0 Å². The first kappa shape index (κ1) is 16.2. The molecule has 0 unspecified atom stereocenters. The van der Waals surface area contributed by atoms with Crippen LogP contribution in [0.2, 0.25) is 5.02 Å². The molecule has 1 aromatic rings. The number of anilines is 1. The lowest BCUT2D eigenvalue weighted by Gasteiger charge is -2.09. The molecule has 6 nitrogen and oxygen atoms in total. The van der Waals surface area contributed by atoms with Gasteiger partial charge in [0.25, 0.3) is 0 Å². The number of nitrogens with two attached hydrogens (primary N) is 1. The quantitative estimate of drug-likeness (QED) is 0.549. The third-order valence-corrected chi connectivity index (χ3v) is 4.16. The molecule has 3 N–H and O–H groups in total. The standard InChI is InChI=1S/C11H17ClN2O4S/c1-17-6-7-18-5-4-14-19(15,16)11-3-2-9(13)8-10(11)12/h2-3,8,14H,4-7,13H2,1H3. The van der Waals surface area contributed by atoms with Gasteiger partial charge in [0.1, 0.15) is 4.90 Å². The Bertz CT molecular complexity index is 507. The predicted octanol–water partition coefficient (Wildman–Crippen LogP) is 0.864. The van der Waals surface area contributed by atoms with Crippen LogP contribution in [0.5, 0.6) is 0 Å². The number of sulfonamides is 1. The summed E-state index contributed by atoms with van der Waals surface area (Å²) >= 11 is 5.85. The van der Waals surface area contributed by atoms with Gasteiger partial charge in [0.15, 0.2) is 0 Å². The lowest BCUT2D eigenvalue weighted by atomic mass is 10.3. The summed E-state index contributed by atoms with van der Waals surface area (Å²) in [7, 11) is -2.08. The largest absolute Gasteiger partial charge is 0.399 e. The van der Waals surface area contributed by atoms with Crippen molar-refractivity contribution in [1.82, 2.24) is 4.72 Å². The molecule has 1 rings (SSSR count). The van der Waals surface area contributed by atoms with E-state index in [1.165, 1.54) is 18.2 Å². The van der Waals surface area contributed by atoms with Gasteiger partial charge in [-0.05, 0) is 18.2 Å². The second-order valence-electron chi connectivity index (χ2n) is 3.69. The molecule has 0 aliphatic carbocycles. The molecule has 0 aliphatic rings. The fraction of sp³-hybridized carbons (Fsp3) is 0.455. The van der Waals surface area contributed by atoms with Crippen molar-refractivity contribution in [3.8, 4) is 0 Å². The molecule has 0 bridgehead atoms. The van der Waals surface area contributed by atoms with Gasteiger partial charge < -0.3 is 15.2 Å². The molecule has 0 saturated carbocycles. The molecule has 0 spiro atoms. The second-order valence-corrected chi connectivity index (χ2v) is 5.84. The maximum absolute atomic E-state index is 11.9. The number of nitrogens with one attached hydrogen (secondary N) is 1. The van der Waals surface area contributed by atoms with Crippen LogP contribution in [0.4, 0.5) is 5.69 Å². The average Bonchev–Trinajstić information content (AvgIpc) is 2.33. The highest BCUT2D eigenvalue weighted by Crippen LogP contribution is 2.23. The van der Waals surface area contributed by atoms with Gasteiger partial charge in [0.2, 0.25) is 10.0 Å². The van der Waals surface area contributed by atoms with Gasteiger partial charge in [-0.2, -0.15) is 0 Å². The van der Waals surface area contributed by atoms with Crippen molar-refractivity contribution in [1.29, 1.82) is 0 Å². The van der Waals surface area contributed by atoms with E-state index in [-0.39, 0.29) is 23.1 Å². The smallest absolute Gasteiger partial charge is 0.242 e. The maximum Gasteiger partial charge on any atom is 0.242 e. The Balaban J connectivity index is 2.52. The Hall–Kier alpha value is -0.860. The summed E-state index contributed by atoms with van der Waals surface area (Å²) in [6, 6.07) is 4.24. The number of nitrogen functional groups attached to an aromatic ring is 1. The number of methoxy groups -OCH3 is 1. The van der Waals surface area contributed by atoms with Crippen LogP contribution in [0.25, 0.3) is 0 Å². The van der Waals surface area contributed by atoms with E-state index in [0.29, 0.717) is 18.9 Å². The van der Waals surface area contributed by atoms with Gasteiger partial charge in [-0.1, -0.05) is 11.6 Å². The molecular weight excluding hydrogens is 292 g/mol. The van der Waals surface area contributed by atoms with Crippen LogP contribution < -0.4 is 10.5 Å². The lowest BCUT2D eigenvalue weighted by Crippen LogP contribution is -2.28. The minimum atomic E-state index is -3.65. The molecule has 0 radical (unpaired) electrons.